The molecule has 1 amide bonds. The first-order valence-corrected chi connectivity index (χ1v) is 10.7. The Kier molecular flexibility index (Phi) is 4.78. The van der Waals surface area contributed by atoms with Gasteiger partial charge >= 0.3 is 0 Å². The van der Waals surface area contributed by atoms with Crippen LogP contribution in [0.5, 0.6) is 0 Å². The van der Waals surface area contributed by atoms with E-state index < -0.39 is 0 Å². The van der Waals surface area contributed by atoms with E-state index in [-0.39, 0.29) is 11.9 Å². The van der Waals surface area contributed by atoms with E-state index in [1.165, 1.54) is 11.1 Å². The van der Waals surface area contributed by atoms with Crippen molar-refractivity contribution in [2.45, 2.75) is 13.0 Å². The van der Waals surface area contributed by atoms with Gasteiger partial charge in [0, 0.05) is 50.9 Å². The Hall–Kier alpha value is -2.79. The normalized spacial score (nSPS) is 23.1. The van der Waals surface area contributed by atoms with Crippen LogP contribution < -0.4 is 4.90 Å². The Bertz CT molecular complexity index is 1080. The van der Waals surface area contributed by atoms with Gasteiger partial charge in [-0.15, -0.1) is 0 Å². The standard InChI is InChI=1S/C24H25ClN4O/c1-16-7-3-4-8-19(16)23-20-15-28(22-9-5-6-10-26-22)12-17(20)13-29(23)24(30)21-11-18(25)14-27(21)2/h3-11,14,17,20,23H,12-13,15H2,1-2H3/t17-,20-,23-/m0/s1. The Morgan fingerprint density at radius 1 is 1.10 bits per heavy atom. The third-order valence-corrected chi connectivity index (χ3v) is 6.80. The fraction of sp³-hybridized carbons (Fsp3) is 0.333. The van der Waals surface area contributed by atoms with Gasteiger partial charge in [-0.3, -0.25) is 4.79 Å². The zero-order valence-corrected chi connectivity index (χ0v) is 18.0. The number of hydrogen-bond acceptors (Lipinski definition) is 3. The van der Waals surface area contributed by atoms with E-state index in [0.29, 0.717) is 22.6 Å². The third kappa shape index (κ3) is 3.18. The number of likely N-dealkylation sites (tertiary alicyclic amines) is 1. The fourth-order valence-corrected chi connectivity index (χ4v) is 5.43. The molecule has 0 N–H and O–H groups in total. The SMILES string of the molecule is Cc1ccccc1[C@H]1[C@H]2CN(c3ccccn3)C[C@H]2CN1C(=O)c1cc(Cl)cn1C. The van der Waals surface area contributed by atoms with Crippen molar-refractivity contribution in [1.82, 2.24) is 14.5 Å². The van der Waals surface area contributed by atoms with Crippen LogP contribution in [0, 0.1) is 18.8 Å². The van der Waals surface area contributed by atoms with Crippen molar-refractivity contribution < 1.29 is 4.79 Å². The van der Waals surface area contributed by atoms with Gasteiger partial charge in [0.05, 0.1) is 11.1 Å². The van der Waals surface area contributed by atoms with E-state index in [9.17, 15) is 4.79 Å². The highest BCUT2D eigenvalue weighted by atomic mass is 35.5. The van der Waals surface area contributed by atoms with Gasteiger partial charge in [-0.05, 0) is 36.2 Å². The average Bonchev–Trinajstić information content (AvgIpc) is 3.41. The molecule has 154 valence electrons. The molecule has 0 saturated carbocycles. The van der Waals surface area contributed by atoms with Crippen LogP contribution in [-0.4, -0.2) is 40.0 Å². The molecule has 0 radical (unpaired) electrons. The summed E-state index contributed by atoms with van der Waals surface area (Å²) in [5.74, 6) is 1.85. The number of aryl methyl sites for hydroxylation is 2. The summed E-state index contributed by atoms with van der Waals surface area (Å²) in [7, 11) is 1.88. The van der Waals surface area contributed by atoms with Gasteiger partial charge in [0.1, 0.15) is 11.5 Å². The maximum absolute atomic E-state index is 13.6. The van der Waals surface area contributed by atoms with Crippen LogP contribution in [0.15, 0.2) is 60.9 Å². The molecule has 6 heteroatoms. The molecule has 5 rings (SSSR count). The van der Waals surface area contributed by atoms with Crippen LogP contribution in [0.2, 0.25) is 5.02 Å². The van der Waals surface area contributed by atoms with Gasteiger partial charge in [0.25, 0.3) is 5.91 Å². The number of aromatic nitrogens is 2. The Morgan fingerprint density at radius 3 is 2.60 bits per heavy atom. The zero-order chi connectivity index (χ0) is 20.8. The lowest BCUT2D eigenvalue weighted by Gasteiger charge is -2.31. The van der Waals surface area contributed by atoms with Crippen molar-refractivity contribution in [2.24, 2.45) is 18.9 Å². The molecule has 2 aliphatic rings. The number of rotatable bonds is 3. The number of amides is 1. The second-order valence-electron chi connectivity index (χ2n) is 8.43. The van der Waals surface area contributed by atoms with Crippen LogP contribution in [-0.2, 0) is 7.05 Å². The number of halogens is 1. The summed E-state index contributed by atoms with van der Waals surface area (Å²) >= 11 is 6.17. The molecule has 0 bridgehead atoms. The van der Waals surface area contributed by atoms with Crippen molar-refractivity contribution in [3.8, 4) is 0 Å². The number of carbonyl (C=O) groups is 1. The lowest BCUT2D eigenvalue weighted by molar-refractivity contribution is 0.0705. The minimum Gasteiger partial charge on any atom is -0.356 e. The van der Waals surface area contributed by atoms with Crippen LogP contribution >= 0.6 is 11.6 Å². The predicted octanol–water partition coefficient (Wildman–Crippen LogP) is 4.33. The summed E-state index contributed by atoms with van der Waals surface area (Å²) in [5, 5.41) is 0.592. The number of fused-ring (bicyclic) bond motifs is 1. The monoisotopic (exact) mass is 420 g/mol. The first kappa shape index (κ1) is 19.2. The molecule has 3 aromatic rings. The Morgan fingerprint density at radius 2 is 1.90 bits per heavy atom. The van der Waals surface area contributed by atoms with Crippen molar-refractivity contribution >= 4 is 23.3 Å². The number of benzene rings is 1. The quantitative estimate of drug-likeness (QED) is 0.633. The Balaban J connectivity index is 1.51. The number of nitrogens with zero attached hydrogens (tertiary/aromatic N) is 4. The molecule has 5 nitrogen and oxygen atoms in total. The van der Waals surface area contributed by atoms with Crippen molar-refractivity contribution in [1.29, 1.82) is 0 Å². The van der Waals surface area contributed by atoms with Crippen LogP contribution in [0.1, 0.15) is 27.7 Å². The number of carbonyl (C=O) groups excluding carboxylic acids is 1. The lowest BCUT2D eigenvalue weighted by atomic mass is 9.87. The third-order valence-electron chi connectivity index (χ3n) is 6.60. The first-order chi connectivity index (χ1) is 14.5. The van der Waals surface area contributed by atoms with Gasteiger partial charge < -0.3 is 14.4 Å². The van der Waals surface area contributed by atoms with Crippen LogP contribution in [0.25, 0.3) is 0 Å². The van der Waals surface area contributed by atoms with E-state index >= 15 is 0 Å². The van der Waals surface area contributed by atoms with Crippen molar-refractivity contribution in [2.75, 3.05) is 24.5 Å². The molecule has 2 fully saturated rings. The average molecular weight is 421 g/mol. The number of pyridine rings is 1. The highest BCUT2D eigenvalue weighted by Crippen LogP contribution is 2.47. The molecule has 1 aromatic carbocycles. The largest absolute Gasteiger partial charge is 0.356 e. The molecule has 30 heavy (non-hydrogen) atoms. The van der Waals surface area contributed by atoms with E-state index in [0.717, 1.165) is 25.5 Å². The van der Waals surface area contributed by atoms with Gasteiger partial charge in [0.15, 0.2) is 0 Å². The first-order valence-electron chi connectivity index (χ1n) is 10.4. The molecule has 2 saturated heterocycles. The molecule has 3 atom stereocenters. The van der Waals surface area contributed by atoms with Crippen molar-refractivity contribution in [3.63, 3.8) is 0 Å². The summed E-state index contributed by atoms with van der Waals surface area (Å²) < 4.78 is 1.83. The maximum atomic E-state index is 13.6. The number of anilines is 1. The molecule has 0 spiro atoms. The molecule has 0 unspecified atom stereocenters. The molecule has 2 aromatic heterocycles. The maximum Gasteiger partial charge on any atom is 0.271 e. The van der Waals surface area contributed by atoms with Gasteiger partial charge in [0.2, 0.25) is 0 Å². The zero-order valence-electron chi connectivity index (χ0n) is 17.2. The minimum absolute atomic E-state index is 0.0473. The van der Waals surface area contributed by atoms with Gasteiger partial charge in [-0.25, -0.2) is 4.98 Å². The van der Waals surface area contributed by atoms with Crippen LogP contribution in [0.4, 0.5) is 5.82 Å². The fourth-order valence-electron chi connectivity index (χ4n) is 5.18. The van der Waals surface area contributed by atoms with Gasteiger partial charge in [-0.1, -0.05) is 41.9 Å². The molecule has 0 aliphatic carbocycles. The predicted molar refractivity (Wildman–Crippen MR) is 119 cm³/mol. The second kappa shape index (κ2) is 7.47. The Labute approximate surface area is 181 Å². The van der Waals surface area contributed by atoms with E-state index in [1.807, 2.05) is 29.9 Å². The highest BCUT2D eigenvalue weighted by molar-refractivity contribution is 6.31. The summed E-state index contributed by atoms with van der Waals surface area (Å²) in [6, 6.07) is 16.3. The van der Waals surface area contributed by atoms with E-state index in [2.05, 4.69) is 52.0 Å². The van der Waals surface area contributed by atoms with Crippen LogP contribution in [0.3, 0.4) is 0 Å². The minimum atomic E-state index is 0.0473. The molecule has 2 aliphatic heterocycles. The summed E-state index contributed by atoms with van der Waals surface area (Å²) in [5.41, 5.74) is 3.10. The highest BCUT2D eigenvalue weighted by Gasteiger charge is 2.50. The van der Waals surface area contributed by atoms with E-state index in [4.69, 9.17) is 11.6 Å². The topological polar surface area (TPSA) is 41.4 Å². The summed E-state index contributed by atoms with van der Waals surface area (Å²) in [6.07, 6.45) is 3.63. The van der Waals surface area contributed by atoms with Gasteiger partial charge in [-0.2, -0.15) is 0 Å². The lowest BCUT2D eigenvalue weighted by Crippen LogP contribution is -2.37. The van der Waals surface area contributed by atoms with E-state index in [1.54, 1.807) is 12.3 Å². The second-order valence-corrected chi connectivity index (χ2v) is 8.87. The smallest absolute Gasteiger partial charge is 0.271 e. The number of hydrogen-bond donors (Lipinski definition) is 0. The summed E-state index contributed by atoms with van der Waals surface area (Å²) in [4.78, 5) is 22.6. The molecule has 4 heterocycles. The molecular weight excluding hydrogens is 396 g/mol. The molecular formula is C24H25ClN4O. The summed E-state index contributed by atoms with van der Waals surface area (Å²) in [6.45, 7) is 4.70. The van der Waals surface area contributed by atoms with Crippen molar-refractivity contribution in [3.05, 3.63) is 82.8 Å².